The van der Waals surface area contributed by atoms with Gasteiger partial charge in [0.1, 0.15) is 11.6 Å². The molecule has 0 unspecified atom stereocenters. The van der Waals surface area contributed by atoms with E-state index >= 15 is 0 Å². The van der Waals surface area contributed by atoms with Crippen LogP contribution in [0.3, 0.4) is 0 Å². The Kier molecular flexibility index (Phi) is 5.03. The van der Waals surface area contributed by atoms with Crippen molar-refractivity contribution in [3.8, 4) is 5.75 Å². The predicted molar refractivity (Wildman–Crippen MR) is 95.0 cm³/mol. The third-order valence-electron chi connectivity index (χ3n) is 3.17. The van der Waals surface area contributed by atoms with Gasteiger partial charge in [-0.25, -0.2) is 4.39 Å². The van der Waals surface area contributed by atoms with Gasteiger partial charge in [-0.3, -0.25) is 0 Å². The van der Waals surface area contributed by atoms with Crippen molar-refractivity contribution in [2.45, 2.75) is 20.0 Å². The highest BCUT2D eigenvalue weighted by Crippen LogP contribution is 2.27. The second kappa shape index (κ2) is 7.57. The molecule has 1 heterocycles. The zero-order valence-corrected chi connectivity index (χ0v) is 13.9. The van der Waals surface area contributed by atoms with Gasteiger partial charge in [0, 0.05) is 5.69 Å². The van der Waals surface area contributed by atoms with E-state index in [9.17, 15) is 4.39 Å². The molecule has 0 spiro atoms. The fraction of sp³-hybridized carbons (Fsp3) is 0.167. The Morgan fingerprint density at radius 3 is 2.52 bits per heavy atom. The van der Waals surface area contributed by atoms with Crippen molar-refractivity contribution in [1.82, 2.24) is 15.2 Å². The highest BCUT2D eigenvalue weighted by atomic mass is 19.1. The van der Waals surface area contributed by atoms with Gasteiger partial charge in [0.2, 0.25) is 5.95 Å². The van der Waals surface area contributed by atoms with Crippen molar-refractivity contribution in [2.75, 3.05) is 10.6 Å². The van der Waals surface area contributed by atoms with Crippen LogP contribution in [0, 0.1) is 5.82 Å². The molecular formula is C18H18FN5O. The maximum Gasteiger partial charge on any atom is 0.249 e. The smallest absolute Gasteiger partial charge is 0.249 e. The molecule has 0 aliphatic carbocycles. The summed E-state index contributed by atoms with van der Waals surface area (Å²) in [5, 5.41) is 14.1. The van der Waals surface area contributed by atoms with Crippen molar-refractivity contribution >= 4 is 23.1 Å². The Labute approximate surface area is 145 Å². The summed E-state index contributed by atoms with van der Waals surface area (Å²) in [6.45, 7) is 3.92. The van der Waals surface area contributed by atoms with Gasteiger partial charge in [-0.05, 0) is 50.2 Å². The van der Waals surface area contributed by atoms with Crippen LogP contribution in [0.5, 0.6) is 5.75 Å². The van der Waals surface area contributed by atoms with E-state index in [1.54, 1.807) is 12.1 Å². The molecule has 1 aromatic heterocycles. The van der Waals surface area contributed by atoms with E-state index in [-0.39, 0.29) is 11.9 Å². The lowest BCUT2D eigenvalue weighted by Gasteiger charge is -2.14. The van der Waals surface area contributed by atoms with Crippen LogP contribution < -0.4 is 15.4 Å². The van der Waals surface area contributed by atoms with Crippen LogP contribution >= 0.6 is 0 Å². The SMILES string of the molecule is CC(C)Oc1ccccc1Nc1nncc(Nc2ccc(F)cc2)n1. The van der Waals surface area contributed by atoms with E-state index in [0.29, 0.717) is 23.2 Å². The molecule has 25 heavy (non-hydrogen) atoms. The van der Waals surface area contributed by atoms with Crippen LogP contribution in [0.1, 0.15) is 13.8 Å². The van der Waals surface area contributed by atoms with Crippen LogP contribution in [0.25, 0.3) is 0 Å². The van der Waals surface area contributed by atoms with Crippen LogP contribution in [-0.2, 0) is 0 Å². The van der Waals surface area contributed by atoms with Gasteiger partial charge >= 0.3 is 0 Å². The molecule has 0 aliphatic heterocycles. The molecule has 7 heteroatoms. The first kappa shape index (κ1) is 16.6. The van der Waals surface area contributed by atoms with Crippen molar-refractivity contribution in [3.63, 3.8) is 0 Å². The van der Waals surface area contributed by atoms with Crippen molar-refractivity contribution < 1.29 is 9.13 Å². The Morgan fingerprint density at radius 1 is 1.00 bits per heavy atom. The standard InChI is InChI=1S/C18H18FN5O/c1-12(2)25-16-6-4-3-5-15(16)22-18-23-17(11-20-24-18)21-14-9-7-13(19)8-10-14/h3-12H,1-2H3,(H2,21,22,23,24). The van der Waals surface area contributed by atoms with E-state index < -0.39 is 0 Å². The number of rotatable bonds is 6. The number of hydrogen-bond acceptors (Lipinski definition) is 6. The lowest BCUT2D eigenvalue weighted by Crippen LogP contribution is -2.08. The number of nitrogens with zero attached hydrogens (tertiary/aromatic N) is 3. The van der Waals surface area contributed by atoms with Crippen LogP contribution in [-0.4, -0.2) is 21.3 Å². The van der Waals surface area contributed by atoms with Crippen LogP contribution in [0.15, 0.2) is 54.7 Å². The second-order valence-corrected chi connectivity index (χ2v) is 5.58. The number of nitrogens with one attached hydrogen (secondary N) is 2. The third kappa shape index (κ3) is 4.63. The lowest BCUT2D eigenvalue weighted by atomic mass is 10.3. The first-order chi connectivity index (χ1) is 12.1. The number of hydrogen-bond donors (Lipinski definition) is 2. The molecule has 2 aromatic carbocycles. The van der Waals surface area contributed by atoms with Crippen LogP contribution in [0.4, 0.5) is 27.5 Å². The zero-order chi connectivity index (χ0) is 17.6. The van der Waals surface area contributed by atoms with Gasteiger partial charge in [-0.2, -0.15) is 10.1 Å². The van der Waals surface area contributed by atoms with Gasteiger partial charge in [0.05, 0.1) is 18.0 Å². The Bertz CT molecular complexity index is 839. The average Bonchev–Trinajstić information content (AvgIpc) is 2.59. The highest BCUT2D eigenvalue weighted by Gasteiger charge is 2.08. The maximum atomic E-state index is 13.0. The quantitative estimate of drug-likeness (QED) is 0.698. The summed E-state index contributed by atoms with van der Waals surface area (Å²) in [6, 6.07) is 13.5. The third-order valence-corrected chi connectivity index (χ3v) is 3.17. The molecule has 0 saturated carbocycles. The lowest BCUT2D eigenvalue weighted by molar-refractivity contribution is 0.244. The van der Waals surface area contributed by atoms with Gasteiger partial charge < -0.3 is 15.4 Å². The highest BCUT2D eigenvalue weighted by molar-refractivity contribution is 5.63. The zero-order valence-electron chi connectivity index (χ0n) is 13.9. The predicted octanol–water partition coefficient (Wildman–Crippen LogP) is 4.29. The van der Waals surface area contributed by atoms with E-state index in [1.165, 1.54) is 18.3 Å². The maximum absolute atomic E-state index is 13.0. The van der Waals surface area contributed by atoms with E-state index in [4.69, 9.17) is 4.74 Å². The molecular weight excluding hydrogens is 321 g/mol. The number of benzene rings is 2. The molecule has 128 valence electrons. The number of anilines is 4. The number of ether oxygens (including phenoxy) is 1. The molecule has 0 atom stereocenters. The number of aromatic nitrogens is 3. The summed E-state index contributed by atoms with van der Waals surface area (Å²) < 4.78 is 18.7. The molecule has 0 bridgehead atoms. The fourth-order valence-electron chi connectivity index (χ4n) is 2.14. The number of para-hydroxylation sites is 2. The molecule has 3 aromatic rings. The molecule has 3 rings (SSSR count). The largest absolute Gasteiger partial charge is 0.489 e. The fourth-order valence-corrected chi connectivity index (χ4v) is 2.14. The Hall–Kier alpha value is -3.22. The molecule has 6 nitrogen and oxygen atoms in total. The summed E-state index contributed by atoms with van der Waals surface area (Å²) in [5.41, 5.74) is 1.45. The molecule has 0 amide bonds. The van der Waals surface area contributed by atoms with Gasteiger partial charge in [0.25, 0.3) is 0 Å². The minimum absolute atomic E-state index is 0.0495. The minimum Gasteiger partial charge on any atom is -0.489 e. The molecule has 0 fully saturated rings. The first-order valence-electron chi connectivity index (χ1n) is 7.85. The monoisotopic (exact) mass is 339 g/mol. The summed E-state index contributed by atoms with van der Waals surface area (Å²) in [4.78, 5) is 4.36. The van der Waals surface area contributed by atoms with E-state index in [2.05, 4.69) is 25.8 Å². The summed E-state index contributed by atoms with van der Waals surface area (Å²) >= 11 is 0. The first-order valence-corrected chi connectivity index (χ1v) is 7.85. The molecule has 2 N–H and O–H groups in total. The van der Waals surface area contributed by atoms with Gasteiger partial charge in [0.15, 0.2) is 5.82 Å². The molecule has 0 aliphatic rings. The summed E-state index contributed by atoms with van der Waals surface area (Å²) in [7, 11) is 0. The number of halogens is 1. The molecule has 0 radical (unpaired) electrons. The average molecular weight is 339 g/mol. The van der Waals surface area contributed by atoms with Crippen molar-refractivity contribution in [1.29, 1.82) is 0 Å². The molecule has 0 saturated heterocycles. The van der Waals surface area contributed by atoms with Gasteiger partial charge in [-0.1, -0.05) is 12.1 Å². The summed E-state index contributed by atoms with van der Waals surface area (Å²) in [6.07, 6.45) is 1.54. The van der Waals surface area contributed by atoms with Crippen molar-refractivity contribution in [2.24, 2.45) is 0 Å². The topological polar surface area (TPSA) is 72.0 Å². The second-order valence-electron chi connectivity index (χ2n) is 5.58. The summed E-state index contributed by atoms with van der Waals surface area (Å²) in [5.74, 6) is 1.23. The van der Waals surface area contributed by atoms with E-state index in [0.717, 1.165) is 5.69 Å². The van der Waals surface area contributed by atoms with Crippen LogP contribution in [0.2, 0.25) is 0 Å². The van der Waals surface area contributed by atoms with E-state index in [1.807, 2.05) is 38.1 Å². The minimum atomic E-state index is -0.296. The normalized spacial score (nSPS) is 10.6. The Balaban J connectivity index is 1.77. The Morgan fingerprint density at radius 2 is 1.76 bits per heavy atom. The van der Waals surface area contributed by atoms with Crippen molar-refractivity contribution in [3.05, 3.63) is 60.5 Å². The van der Waals surface area contributed by atoms with Gasteiger partial charge in [-0.15, -0.1) is 5.10 Å².